The molecule has 0 aromatic heterocycles. The number of imide groups is 1. The Balaban J connectivity index is 1.78. The summed E-state index contributed by atoms with van der Waals surface area (Å²) in [4.78, 5) is 25.1. The van der Waals surface area contributed by atoms with Crippen LogP contribution in [0.1, 0.15) is 18.9 Å². The molecule has 9 heteroatoms. The molecule has 2 saturated heterocycles. The van der Waals surface area contributed by atoms with Crippen molar-refractivity contribution in [3.63, 3.8) is 0 Å². The molecule has 2 aliphatic heterocycles. The van der Waals surface area contributed by atoms with E-state index < -0.39 is 10.0 Å². The summed E-state index contributed by atoms with van der Waals surface area (Å²) < 4.78 is 32.5. The Morgan fingerprint density at radius 2 is 2.08 bits per heavy atom. The summed E-state index contributed by atoms with van der Waals surface area (Å²) in [5.74, 6) is 0.558. The van der Waals surface area contributed by atoms with E-state index >= 15 is 0 Å². The highest BCUT2D eigenvalue weighted by Crippen LogP contribution is 2.30. The predicted molar refractivity (Wildman–Crippen MR) is 94.2 cm³/mol. The molecule has 2 fully saturated rings. The lowest BCUT2D eigenvalue weighted by Crippen LogP contribution is -2.41. The Hall–Kier alpha value is -1.58. The van der Waals surface area contributed by atoms with E-state index in [9.17, 15) is 18.0 Å². The number of carbonyl (C=O) groups is 2. The second-order valence-corrected chi connectivity index (χ2v) is 8.85. The summed E-state index contributed by atoms with van der Waals surface area (Å²) in [6, 6.07) is 4.40. The van der Waals surface area contributed by atoms with Crippen LogP contribution in [0, 0.1) is 6.92 Å². The molecule has 1 aromatic rings. The lowest BCUT2D eigenvalue weighted by atomic mass is 10.2. The van der Waals surface area contributed by atoms with Crippen LogP contribution in [0.25, 0.3) is 0 Å². The maximum Gasteiger partial charge on any atom is 0.289 e. The van der Waals surface area contributed by atoms with Crippen LogP contribution in [-0.2, 0) is 14.8 Å². The molecule has 25 heavy (non-hydrogen) atoms. The van der Waals surface area contributed by atoms with Gasteiger partial charge in [-0.1, -0.05) is 11.8 Å². The summed E-state index contributed by atoms with van der Waals surface area (Å²) in [5.41, 5.74) is 0.750. The molecule has 2 heterocycles. The standard InChI is InChI=1S/C16H20N2O5S2/c1-3-23-14-5-4-13(8-11(14)2)25(21,22)17-7-6-12(9-17)18-15(19)10-24-16(18)20/h4-5,8,12H,3,6-7,9-10H2,1-2H3/t12-/m0/s1. The topological polar surface area (TPSA) is 84.0 Å². The van der Waals surface area contributed by atoms with Crippen LogP contribution < -0.4 is 4.74 Å². The number of hydrogen-bond donors (Lipinski definition) is 0. The average Bonchev–Trinajstić information content (AvgIpc) is 3.16. The van der Waals surface area contributed by atoms with Crippen molar-refractivity contribution >= 4 is 32.9 Å². The lowest BCUT2D eigenvalue weighted by molar-refractivity contribution is -0.126. The van der Waals surface area contributed by atoms with Crippen LogP contribution in [0.5, 0.6) is 5.75 Å². The third kappa shape index (κ3) is 3.40. The minimum absolute atomic E-state index is 0.139. The number of sulfonamides is 1. The fourth-order valence-corrected chi connectivity index (χ4v) is 5.46. The van der Waals surface area contributed by atoms with Crippen LogP contribution in [0.3, 0.4) is 0 Å². The molecule has 136 valence electrons. The molecule has 0 saturated carbocycles. The summed E-state index contributed by atoms with van der Waals surface area (Å²) in [5, 5.41) is -0.286. The van der Waals surface area contributed by atoms with Crippen molar-refractivity contribution in [2.75, 3.05) is 25.4 Å². The maximum atomic E-state index is 12.9. The third-order valence-electron chi connectivity index (χ3n) is 4.36. The number of rotatable bonds is 5. The Labute approximate surface area is 151 Å². The summed E-state index contributed by atoms with van der Waals surface area (Å²) in [6.45, 7) is 4.62. The van der Waals surface area contributed by atoms with Gasteiger partial charge >= 0.3 is 0 Å². The summed E-state index contributed by atoms with van der Waals surface area (Å²) in [6.07, 6.45) is 0.466. The molecule has 3 rings (SSSR count). The third-order valence-corrected chi connectivity index (χ3v) is 7.06. The van der Waals surface area contributed by atoms with Crippen LogP contribution in [0.15, 0.2) is 23.1 Å². The minimum atomic E-state index is -3.67. The molecule has 0 spiro atoms. The van der Waals surface area contributed by atoms with Gasteiger partial charge in [0.1, 0.15) is 5.75 Å². The van der Waals surface area contributed by atoms with Crippen LogP contribution in [0.4, 0.5) is 4.79 Å². The molecule has 2 amide bonds. The number of amides is 2. The highest BCUT2D eigenvalue weighted by molar-refractivity contribution is 8.14. The van der Waals surface area contributed by atoms with E-state index in [2.05, 4.69) is 0 Å². The molecular weight excluding hydrogens is 364 g/mol. The van der Waals surface area contributed by atoms with Crippen LogP contribution in [-0.4, -0.2) is 60.3 Å². The quantitative estimate of drug-likeness (QED) is 0.770. The first kappa shape index (κ1) is 18.2. The molecule has 0 aliphatic carbocycles. The van der Waals surface area contributed by atoms with Crippen molar-refractivity contribution in [2.45, 2.75) is 31.2 Å². The second kappa shape index (κ2) is 6.97. The molecule has 1 aromatic carbocycles. The van der Waals surface area contributed by atoms with E-state index in [1.165, 1.54) is 15.3 Å². The summed E-state index contributed by atoms with van der Waals surface area (Å²) in [7, 11) is -3.67. The van der Waals surface area contributed by atoms with Gasteiger partial charge in [0.05, 0.1) is 23.3 Å². The fraction of sp³-hybridized carbons (Fsp3) is 0.500. The van der Waals surface area contributed by atoms with Crippen LogP contribution >= 0.6 is 11.8 Å². The van der Waals surface area contributed by atoms with Crippen molar-refractivity contribution < 1.29 is 22.7 Å². The van der Waals surface area contributed by atoms with Gasteiger partial charge in [-0.05, 0) is 44.0 Å². The molecule has 0 bridgehead atoms. The van der Waals surface area contributed by atoms with E-state index in [-0.39, 0.29) is 34.4 Å². The SMILES string of the molecule is CCOc1ccc(S(=O)(=O)N2CC[C@H](N3C(=O)CSC3=O)C2)cc1C. The predicted octanol–water partition coefficient (Wildman–Crippen LogP) is 1.85. The molecular formula is C16H20N2O5S2. The smallest absolute Gasteiger partial charge is 0.289 e. The highest BCUT2D eigenvalue weighted by atomic mass is 32.2. The van der Waals surface area contributed by atoms with Crippen molar-refractivity contribution in [2.24, 2.45) is 0 Å². The zero-order chi connectivity index (χ0) is 18.2. The fourth-order valence-electron chi connectivity index (χ4n) is 3.11. The van der Waals surface area contributed by atoms with E-state index in [0.29, 0.717) is 25.3 Å². The van der Waals surface area contributed by atoms with Crippen molar-refractivity contribution in [1.82, 2.24) is 9.21 Å². The molecule has 0 radical (unpaired) electrons. The van der Waals surface area contributed by atoms with Gasteiger partial charge in [0, 0.05) is 13.1 Å². The molecule has 0 N–H and O–H groups in total. The van der Waals surface area contributed by atoms with Crippen molar-refractivity contribution in [3.05, 3.63) is 23.8 Å². The van der Waals surface area contributed by atoms with Gasteiger partial charge in [0.25, 0.3) is 5.24 Å². The number of carbonyl (C=O) groups excluding carboxylic acids is 2. The monoisotopic (exact) mass is 384 g/mol. The Morgan fingerprint density at radius 3 is 2.68 bits per heavy atom. The van der Waals surface area contributed by atoms with Gasteiger partial charge in [-0.15, -0.1) is 0 Å². The van der Waals surface area contributed by atoms with Crippen LogP contribution in [0.2, 0.25) is 0 Å². The van der Waals surface area contributed by atoms with Gasteiger partial charge in [-0.25, -0.2) is 8.42 Å². The lowest BCUT2D eigenvalue weighted by Gasteiger charge is -2.22. The second-order valence-electron chi connectivity index (χ2n) is 5.98. The number of nitrogens with zero attached hydrogens (tertiary/aromatic N) is 2. The molecule has 0 unspecified atom stereocenters. The maximum absolute atomic E-state index is 12.9. The van der Waals surface area contributed by atoms with E-state index in [0.717, 1.165) is 17.3 Å². The molecule has 1 atom stereocenters. The van der Waals surface area contributed by atoms with E-state index in [4.69, 9.17) is 4.74 Å². The van der Waals surface area contributed by atoms with E-state index in [1.54, 1.807) is 19.1 Å². The molecule has 7 nitrogen and oxygen atoms in total. The van der Waals surface area contributed by atoms with Crippen molar-refractivity contribution in [1.29, 1.82) is 0 Å². The number of thioether (sulfide) groups is 1. The number of aryl methyl sites for hydroxylation is 1. The Morgan fingerprint density at radius 1 is 1.32 bits per heavy atom. The van der Waals surface area contributed by atoms with Gasteiger partial charge in [0.15, 0.2) is 0 Å². The molecule has 2 aliphatic rings. The highest BCUT2D eigenvalue weighted by Gasteiger charge is 2.42. The first-order valence-electron chi connectivity index (χ1n) is 8.07. The van der Waals surface area contributed by atoms with Gasteiger partial charge in [-0.2, -0.15) is 4.31 Å². The first-order valence-corrected chi connectivity index (χ1v) is 10.5. The summed E-state index contributed by atoms with van der Waals surface area (Å²) >= 11 is 0.969. The Kier molecular flexibility index (Phi) is 5.08. The van der Waals surface area contributed by atoms with Crippen molar-refractivity contribution in [3.8, 4) is 5.75 Å². The van der Waals surface area contributed by atoms with Gasteiger partial charge in [0.2, 0.25) is 15.9 Å². The largest absolute Gasteiger partial charge is 0.494 e. The van der Waals surface area contributed by atoms with Gasteiger partial charge < -0.3 is 4.74 Å². The zero-order valence-corrected chi connectivity index (χ0v) is 15.7. The van der Waals surface area contributed by atoms with Gasteiger partial charge in [-0.3, -0.25) is 14.5 Å². The zero-order valence-electron chi connectivity index (χ0n) is 14.1. The average molecular weight is 384 g/mol. The number of hydrogen-bond acceptors (Lipinski definition) is 6. The first-order chi connectivity index (χ1) is 11.8. The number of benzene rings is 1. The Bertz CT molecular complexity index is 793. The number of ether oxygens (including phenoxy) is 1. The normalized spacial score (nSPS) is 22.0. The minimum Gasteiger partial charge on any atom is -0.494 e. The van der Waals surface area contributed by atoms with E-state index in [1.807, 2.05) is 6.92 Å².